The highest BCUT2D eigenvalue weighted by Gasteiger charge is 2.15. The summed E-state index contributed by atoms with van der Waals surface area (Å²) in [6.45, 7) is 2.02. The molecule has 0 bridgehead atoms. The maximum atomic E-state index is 10.8. The van der Waals surface area contributed by atoms with Gasteiger partial charge in [0.05, 0.1) is 6.33 Å². The molecule has 5 nitrogen and oxygen atoms in total. The van der Waals surface area contributed by atoms with Gasteiger partial charge in [-0.3, -0.25) is 4.79 Å². The number of hydrogen-bond donors (Lipinski definition) is 2. The Balaban J connectivity index is 2.11. The van der Waals surface area contributed by atoms with Crippen LogP contribution >= 0.6 is 0 Å². The number of nitrogens with zero attached hydrogens (tertiary/aromatic N) is 2. The summed E-state index contributed by atoms with van der Waals surface area (Å²) in [5, 5.41) is 3.31. The fraction of sp³-hybridized carbons (Fsp3) is 0.556. The minimum absolute atomic E-state index is 0.343. The van der Waals surface area contributed by atoms with Crippen molar-refractivity contribution in [2.24, 2.45) is 5.73 Å². The lowest BCUT2D eigenvalue weighted by Crippen LogP contribution is -2.31. The zero-order chi connectivity index (χ0) is 9.97. The van der Waals surface area contributed by atoms with E-state index in [1.54, 1.807) is 12.5 Å². The van der Waals surface area contributed by atoms with Crippen molar-refractivity contribution in [3.8, 4) is 0 Å². The monoisotopic (exact) mass is 194 g/mol. The van der Waals surface area contributed by atoms with E-state index in [1.807, 2.05) is 4.57 Å². The Labute approximate surface area is 82.3 Å². The van der Waals surface area contributed by atoms with Crippen molar-refractivity contribution in [2.75, 3.05) is 13.1 Å². The first-order chi connectivity index (χ1) is 6.77. The molecule has 2 heterocycles. The van der Waals surface area contributed by atoms with Crippen molar-refractivity contribution in [3.05, 3.63) is 18.2 Å². The molecule has 0 spiro atoms. The number of amides is 1. The second-order valence-corrected chi connectivity index (χ2v) is 3.57. The first-order valence-electron chi connectivity index (χ1n) is 4.81. The number of carbonyl (C=O) groups excluding carboxylic acids is 1. The highest BCUT2D eigenvalue weighted by atomic mass is 16.1. The molecule has 14 heavy (non-hydrogen) atoms. The summed E-state index contributed by atoms with van der Waals surface area (Å²) in [5.74, 6) is -0.465. The van der Waals surface area contributed by atoms with Crippen molar-refractivity contribution in [1.29, 1.82) is 0 Å². The van der Waals surface area contributed by atoms with E-state index in [0.717, 1.165) is 25.9 Å². The van der Waals surface area contributed by atoms with Crippen LogP contribution in [0.4, 0.5) is 0 Å². The molecule has 0 aromatic carbocycles. The maximum absolute atomic E-state index is 10.8. The molecule has 0 saturated carbocycles. The lowest BCUT2D eigenvalue weighted by Gasteiger charge is -2.23. The van der Waals surface area contributed by atoms with Gasteiger partial charge in [-0.15, -0.1) is 0 Å². The van der Waals surface area contributed by atoms with Gasteiger partial charge in [0.2, 0.25) is 0 Å². The van der Waals surface area contributed by atoms with Gasteiger partial charge in [-0.05, 0) is 19.4 Å². The molecule has 1 aliphatic heterocycles. The number of imidazole rings is 1. The highest BCUT2D eigenvalue weighted by molar-refractivity contribution is 5.90. The molecule has 0 radical (unpaired) electrons. The van der Waals surface area contributed by atoms with Crippen molar-refractivity contribution >= 4 is 5.91 Å². The summed E-state index contributed by atoms with van der Waals surface area (Å²) in [6, 6.07) is 0.407. The number of rotatable bonds is 2. The molecule has 1 amide bonds. The summed E-state index contributed by atoms with van der Waals surface area (Å²) in [4.78, 5) is 14.8. The summed E-state index contributed by atoms with van der Waals surface area (Å²) in [6.07, 6.45) is 5.69. The molecule has 1 unspecified atom stereocenters. The molecule has 5 heteroatoms. The molecule has 1 atom stereocenters. The van der Waals surface area contributed by atoms with Crippen molar-refractivity contribution in [2.45, 2.75) is 18.9 Å². The van der Waals surface area contributed by atoms with Crippen molar-refractivity contribution in [1.82, 2.24) is 14.9 Å². The predicted molar refractivity (Wildman–Crippen MR) is 51.9 cm³/mol. The van der Waals surface area contributed by atoms with Crippen LogP contribution in [0.2, 0.25) is 0 Å². The van der Waals surface area contributed by atoms with E-state index in [-0.39, 0.29) is 0 Å². The molecule has 2 rings (SSSR count). The smallest absolute Gasteiger partial charge is 0.268 e. The summed E-state index contributed by atoms with van der Waals surface area (Å²) in [5.41, 5.74) is 5.47. The van der Waals surface area contributed by atoms with Crippen LogP contribution in [0.1, 0.15) is 29.4 Å². The van der Waals surface area contributed by atoms with E-state index in [1.165, 1.54) is 0 Å². The summed E-state index contributed by atoms with van der Waals surface area (Å²) < 4.78 is 1.96. The van der Waals surface area contributed by atoms with Crippen LogP contribution in [0, 0.1) is 0 Å². The highest BCUT2D eigenvalue weighted by Crippen LogP contribution is 2.16. The Kier molecular flexibility index (Phi) is 2.49. The van der Waals surface area contributed by atoms with Gasteiger partial charge in [-0.25, -0.2) is 4.98 Å². The average molecular weight is 194 g/mol. The number of nitrogens with two attached hydrogens (primary N) is 1. The molecule has 1 aromatic heterocycles. The quantitative estimate of drug-likeness (QED) is 0.691. The minimum atomic E-state index is -0.465. The van der Waals surface area contributed by atoms with Crippen LogP contribution < -0.4 is 11.1 Å². The lowest BCUT2D eigenvalue weighted by molar-refractivity contribution is 0.0996. The number of hydrogen-bond acceptors (Lipinski definition) is 3. The second kappa shape index (κ2) is 3.79. The minimum Gasteiger partial charge on any atom is -0.364 e. The second-order valence-electron chi connectivity index (χ2n) is 3.57. The Morgan fingerprint density at radius 1 is 1.71 bits per heavy atom. The van der Waals surface area contributed by atoms with Gasteiger partial charge < -0.3 is 15.6 Å². The third-order valence-electron chi connectivity index (χ3n) is 2.55. The molecular weight excluding hydrogens is 180 g/mol. The lowest BCUT2D eigenvalue weighted by atomic mass is 10.1. The Morgan fingerprint density at radius 3 is 3.14 bits per heavy atom. The normalized spacial score (nSPS) is 22.1. The number of aromatic nitrogens is 2. The van der Waals surface area contributed by atoms with E-state index in [2.05, 4.69) is 10.3 Å². The van der Waals surface area contributed by atoms with Gasteiger partial charge in [0, 0.05) is 18.8 Å². The molecule has 0 aliphatic carbocycles. The van der Waals surface area contributed by atoms with Gasteiger partial charge in [0.1, 0.15) is 5.69 Å². The fourth-order valence-corrected chi connectivity index (χ4v) is 1.75. The van der Waals surface area contributed by atoms with Gasteiger partial charge >= 0.3 is 0 Å². The first kappa shape index (κ1) is 9.21. The third-order valence-corrected chi connectivity index (χ3v) is 2.55. The molecule has 1 saturated heterocycles. The van der Waals surface area contributed by atoms with Crippen LogP contribution in [0.15, 0.2) is 12.5 Å². The van der Waals surface area contributed by atoms with E-state index >= 15 is 0 Å². The topological polar surface area (TPSA) is 72.9 Å². The van der Waals surface area contributed by atoms with E-state index in [9.17, 15) is 4.79 Å². The average Bonchev–Trinajstić information content (AvgIpc) is 2.68. The Morgan fingerprint density at radius 2 is 2.57 bits per heavy atom. The Bertz CT molecular complexity index is 327. The molecular formula is C9H14N4O. The molecule has 3 N–H and O–H groups in total. The SMILES string of the molecule is NC(=O)c1cn(C2CCCNC2)cn1. The van der Waals surface area contributed by atoms with E-state index in [0.29, 0.717) is 11.7 Å². The van der Waals surface area contributed by atoms with Crippen molar-refractivity contribution < 1.29 is 4.79 Å². The Hall–Kier alpha value is -1.36. The summed E-state index contributed by atoms with van der Waals surface area (Å²) >= 11 is 0. The molecule has 1 aliphatic rings. The van der Waals surface area contributed by atoms with Gasteiger partial charge in [-0.1, -0.05) is 0 Å². The van der Waals surface area contributed by atoms with Crippen LogP contribution in [-0.4, -0.2) is 28.5 Å². The van der Waals surface area contributed by atoms with Crippen molar-refractivity contribution in [3.63, 3.8) is 0 Å². The molecule has 76 valence electrons. The van der Waals surface area contributed by atoms with Crippen LogP contribution in [0.3, 0.4) is 0 Å². The molecule has 1 fully saturated rings. The summed E-state index contributed by atoms with van der Waals surface area (Å²) in [7, 11) is 0. The number of piperidine rings is 1. The number of carbonyl (C=O) groups is 1. The number of nitrogens with one attached hydrogen (secondary N) is 1. The predicted octanol–water partition coefficient (Wildman–Crippen LogP) is -0.0935. The van der Waals surface area contributed by atoms with Crippen LogP contribution in [-0.2, 0) is 0 Å². The standard InChI is InChI=1S/C9H14N4O/c10-9(14)8-5-13(6-12-8)7-2-1-3-11-4-7/h5-7,11H,1-4H2,(H2,10,14). The van der Waals surface area contributed by atoms with Gasteiger partial charge in [0.25, 0.3) is 5.91 Å². The van der Waals surface area contributed by atoms with Gasteiger partial charge in [-0.2, -0.15) is 0 Å². The zero-order valence-electron chi connectivity index (χ0n) is 7.94. The number of primary amides is 1. The largest absolute Gasteiger partial charge is 0.364 e. The van der Waals surface area contributed by atoms with E-state index in [4.69, 9.17) is 5.73 Å². The maximum Gasteiger partial charge on any atom is 0.268 e. The third kappa shape index (κ3) is 1.77. The first-order valence-corrected chi connectivity index (χ1v) is 4.81. The van der Waals surface area contributed by atoms with Crippen LogP contribution in [0.25, 0.3) is 0 Å². The van der Waals surface area contributed by atoms with Crippen LogP contribution in [0.5, 0.6) is 0 Å². The van der Waals surface area contributed by atoms with Gasteiger partial charge in [0.15, 0.2) is 0 Å². The zero-order valence-corrected chi connectivity index (χ0v) is 7.94. The molecule has 1 aromatic rings. The van der Waals surface area contributed by atoms with E-state index < -0.39 is 5.91 Å². The fourth-order valence-electron chi connectivity index (χ4n) is 1.75.